The molecule has 2 aliphatic heterocycles. The first-order valence-corrected chi connectivity index (χ1v) is 10.9. The summed E-state index contributed by atoms with van der Waals surface area (Å²) in [6, 6.07) is 3.51. The minimum Gasteiger partial charge on any atom is -0.495 e. The van der Waals surface area contributed by atoms with E-state index < -0.39 is 7.04 Å². The topological polar surface area (TPSA) is 84.0 Å². The Morgan fingerprint density at radius 2 is 2.00 bits per heavy atom. The summed E-state index contributed by atoms with van der Waals surface area (Å²) in [5.41, 5.74) is 9.14. The Morgan fingerprint density at radius 1 is 1.19 bits per heavy atom. The molecule has 0 amide bonds. The molecule has 2 fully saturated rings. The van der Waals surface area contributed by atoms with Gasteiger partial charge in [-0.05, 0) is 38.2 Å². The monoisotopic (exact) mass is 433 g/mol. The molecule has 0 spiro atoms. The van der Waals surface area contributed by atoms with E-state index in [1.54, 1.807) is 32.5 Å². The first kappa shape index (κ1) is 18.3. The van der Waals surface area contributed by atoms with Crippen LogP contribution in [0.4, 0.5) is 11.4 Å². The summed E-state index contributed by atoms with van der Waals surface area (Å²) in [5.74, 6) is 0.434. The average Bonchev–Trinajstić information content (AvgIpc) is 3.31. The van der Waals surface area contributed by atoms with Gasteiger partial charge in [0.15, 0.2) is 6.29 Å². The van der Waals surface area contributed by atoms with E-state index in [-0.39, 0.29) is 29.9 Å². The lowest BCUT2D eigenvalue weighted by molar-refractivity contribution is -0.141. The van der Waals surface area contributed by atoms with Gasteiger partial charge >= 0.3 is 0 Å². The summed E-state index contributed by atoms with van der Waals surface area (Å²) >= 11 is 0. The van der Waals surface area contributed by atoms with Crippen molar-refractivity contribution in [3.63, 3.8) is 0 Å². The lowest BCUT2D eigenvalue weighted by atomic mass is 9.94. The summed E-state index contributed by atoms with van der Waals surface area (Å²) in [5, 5.41) is 4.55. The molecule has 0 saturated carbocycles. The molecule has 2 saturated heterocycles. The van der Waals surface area contributed by atoms with Crippen LogP contribution < -0.4 is 15.4 Å². The van der Waals surface area contributed by atoms with Crippen LogP contribution in [0.25, 0.3) is 11.1 Å². The van der Waals surface area contributed by atoms with Gasteiger partial charge in [0.2, 0.25) is 0 Å². The van der Waals surface area contributed by atoms with E-state index in [1.807, 2.05) is 10.9 Å². The molecule has 1 aromatic carbocycles. The highest BCUT2D eigenvalue weighted by atomic mass is 16.7. The van der Waals surface area contributed by atoms with Gasteiger partial charge in [0.1, 0.15) is 12.0 Å². The first-order chi connectivity index (χ1) is 16.3. The van der Waals surface area contributed by atoms with Crippen LogP contribution in [0.15, 0.2) is 24.5 Å². The highest BCUT2D eigenvalue weighted by molar-refractivity contribution is 5.83. The molecule has 1 aromatic heterocycles. The standard InChI is InChI=1S/C23H34N4O4/c1-28-21-13-20(26-9-7-16(8-10-26)23(29-2)30-3)18(12-19(21)24)17-14-25-27(15-17)22-6-4-5-11-31-22/h12-16,22-23H,4-11,24H2,1-3H3/i1D3. The second-order valence-electron chi connectivity index (χ2n) is 8.20. The fraction of sp³-hybridized carbons (Fsp3) is 0.609. The molecule has 1 unspecified atom stereocenters. The lowest BCUT2D eigenvalue weighted by Crippen LogP contribution is -2.39. The Balaban J connectivity index is 1.65. The third kappa shape index (κ3) is 4.66. The van der Waals surface area contributed by atoms with E-state index in [9.17, 15) is 0 Å². The van der Waals surface area contributed by atoms with Crippen LogP contribution in [0.5, 0.6) is 5.75 Å². The smallest absolute Gasteiger partial charge is 0.159 e. The van der Waals surface area contributed by atoms with Crippen molar-refractivity contribution in [1.82, 2.24) is 9.78 Å². The van der Waals surface area contributed by atoms with Crippen molar-refractivity contribution >= 4 is 11.4 Å². The average molecular weight is 434 g/mol. The molecule has 3 heterocycles. The van der Waals surface area contributed by atoms with E-state index >= 15 is 0 Å². The van der Waals surface area contributed by atoms with Crippen molar-refractivity contribution in [3.05, 3.63) is 24.5 Å². The number of nitrogens with zero attached hydrogens (tertiary/aromatic N) is 3. The highest BCUT2D eigenvalue weighted by Crippen LogP contribution is 2.40. The Morgan fingerprint density at radius 3 is 2.68 bits per heavy atom. The largest absolute Gasteiger partial charge is 0.495 e. The molecule has 8 nitrogen and oxygen atoms in total. The zero-order chi connectivity index (χ0) is 24.3. The number of benzene rings is 1. The first-order valence-electron chi connectivity index (χ1n) is 12.4. The minimum absolute atomic E-state index is 0.0720. The van der Waals surface area contributed by atoms with E-state index in [4.69, 9.17) is 28.8 Å². The number of anilines is 2. The van der Waals surface area contributed by atoms with Gasteiger partial charge in [-0.2, -0.15) is 5.10 Å². The second-order valence-corrected chi connectivity index (χ2v) is 8.20. The molecular weight excluding hydrogens is 396 g/mol. The number of hydrogen-bond acceptors (Lipinski definition) is 7. The lowest BCUT2D eigenvalue weighted by Gasteiger charge is -2.37. The predicted octanol–water partition coefficient (Wildman–Crippen LogP) is 3.68. The number of nitrogen functional groups attached to an aromatic ring is 1. The molecule has 8 heteroatoms. The number of rotatable bonds is 7. The van der Waals surface area contributed by atoms with Crippen molar-refractivity contribution in [2.24, 2.45) is 5.92 Å². The molecular formula is C23H34N4O4. The van der Waals surface area contributed by atoms with Crippen molar-refractivity contribution < 1.29 is 23.1 Å². The zero-order valence-corrected chi connectivity index (χ0v) is 18.3. The molecule has 0 radical (unpaired) electrons. The zero-order valence-electron chi connectivity index (χ0n) is 21.3. The predicted molar refractivity (Wildman–Crippen MR) is 120 cm³/mol. The van der Waals surface area contributed by atoms with E-state index in [1.165, 1.54) is 0 Å². The molecule has 2 aliphatic rings. The number of piperidine rings is 1. The second kappa shape index (κ2) is 9.89. The number of hydrogen-bond donors (Lipinski definition) is 1. The van der Waals surface area contributed by atoms with Crippen LogP contribution in [-0.2, 0) is 14.2 Å². The van der Waals surface area contributed by atoms with E-state index in [2.05, 4.69) is 10.00 Å². The SMILES string of the molecule is [2H]C([2H])([2H])Oc1cc(N2CCC(C(OC)OC)CC2)c(-c2cnn(C3CCCCO3)c2)cc1N. The van der Waals surface area contributed by atoms with Crippen LogP contribution in [-0.4, -0.2) is 57.0 Å². The van der Waals surface area contributed by atoms with Crippen LogP contribution in [0, 0.1) is 5.92 Å². The van der Waals surface area contributed by atoms with Gasteiger partial charge in [0, 0.05) is 68.9 Å². The molecule has 0 aliphatic carbocycles. The van der Waals surface area contributed by atoms with E-state index in [0.29, 0.717) is 0 Å². The maximum absolute atomic E-state index is 7.52. The molecule has 2 aromatic rings. The van der Waals surface area contributed by atoms with Crippen LogP contribution in [0.2, 0.25) is 0 Å². The molecule has 31 heavy (non-hydrogen) atoms. The molecule has 170 valence electrons. The number of ether oxygens (including phenoxy) is 4. The maximum atomic E-state index is 7.52. The van der Waals surface area contributed by atoms with Gasteiger partial charge in [-0.3, -0.25) is 0 Å². The van der Waals surface area contributed by atoms with Crippen LogP contribution in [0.3, 0.4) is 0 Å². The summed E-state index contributed by atoms with van der Waals surface area (Å²) < 4.78 is 46.4. The van der Waals surface area contributed by atoms with Crippen LogP contribution >= 0.6 is 0 Å². The van der Waals surface area contributed by atoms with Gasteiger partial charge in [-0.15, -0.1) is 0 Å². The third-order valence-electron chi connectivity index (χ3n) is 6.33. The molecule has 4 rings (SSSR count). The van der Waals surface area contributed by atoms with Crippen molar-refractivity contribution in [2.45, 2.75) is 44.6 Å². The highest BCUT2D eigenvalue weighted by Gasteiger charge is 2.28. The maximum Gasteiger partial charge on any atom is 0.159 e. The Kier molecular flexibility index (Phi) is 5.84. The van der Waals surface area contributed by atoms with Gasteiger partial charge in [0.05, 0.1) is 23.0 Å². The summed E-state index contributed by atoms with van der Waals surface area (Å²) in [6.07, 6.45) is 8.32. The van der Waals surface area contributed by atoms with Crippen molar-refractivity contribution in [1.29, 1.82) is 0 Å². The number of methoxy groups -OCH3 is 3. The molecule has 2 N–H and O–H groups in total. The van der Waals surface area contributed by atoms with Crippen LogP contribution in [0.1, 0.15) is 42.4 Å². The van der Waals surface area contributed by atoms with Crippen molar-refractivity contribution in [3.8, 4) is 16.9 Å². The molecule has 0 bridgehead atoms. The van der Waals surface area contributed by atoms with Crippen molar-refractivity contribution in [2.75, 3.05) is 51.6 Å². The van der Waals surface area contributed by atoms with Gasteiger partial charge in [-0.25, -0.2) is 4.68 Å². The third-order valence-corrected chi connectivity index (χ3v) is 6.33. The van der Waals surface area contributed by atoms with E-state index in [0.717, 1.165) is 68.6 Å². The fourth-order valence-electron chi connectivity index (χ4n) is 4.63. The quantitative estimate of drug-likeness (QED) is 0.527. The van der Waals surface area contributed by atoms with Gasteiger partial charge < -0.3 is 29.6 Å². The molecule has 1 atom stereocenters. The van der Waals surface area contributed by atoms with Gasteiger partial charge in [-0.1, -0.05) is 0 Å². The minimum atomic E-state index is -2.59. The Labute approximate surface area is 188 Å². The Bertz CT molecular complexity index is 950. The number of nitrogens with two attached hydrogens (primary N) is 1. The number of aromatic nitrogens is 2. The summed E-state index contributed by atoms with van der Waals surface area (Å²) in [4.78, 5) is 2.23. The fourth-order valence-corrected chi connectivity index (χ4v) is 4.63. The normalized spacial score (nSPS) is 22.2. The Hall–Kier alpha value is -2.29. The van der Waals surface area contributed by atoms with Gasteiger partial charge in [0.25, 0.3) is 0 Å². The summed E-state index contributed by atoms with van der Waals surface area (Å²) in [7, 11) is 0.725. The summed E-state index contributed by atoms with van der Waals surface area (Å²) in [6.45, 7) is 2.26.